The van der Waals surface area contributed by atoms with Gasteiger partial charge in [0.05, 0.1) is 18.4 Å². The molecule has 2 rings (SSSR count). The Labute approximate surface area is 91.1 Å². The Hall–Kier alpha value is -2.44. The van der Waals surface area contributed by atoms with Gasteiger partial charge in [-0.25, -0.2) is 9.97 Å². The van der Waals surface area contributed by atoms with Gasteiger partial charge in [-0.1, -0.05) is 0 Å². The molecule has 16 heavy (non-hydrogen) atoms. The van der Waals surface area contributed by atoms with Crippen molar-refractivity contribution in [1.29, 1.82) is 0 Å². The molecule has 0 aliphatic heterocycles. The molecule has 2 aromatic rings. The number of nitrogens with one attached hydrogen (secondary N) is 2. The van der Waals surface area contributed by atoms with Crippen LogP contribution < -0.4 is 11.1 Å². The Bertz CT molecular complexity index is 480. The molecule has 82 valence electrons. The standard InChI is InChI=1S/C9H10N6O/c10-8-7(4-14-15-8)9(16)12-3-6-1-2-11-5-13-6/h1-2,4-5H,3H2,(H,12,16)(H3,10,14,15). The van der Waals surface area contributed by atoms with E-state index in [1.165, 1.54) is 12.5 Å². The van der Waals surface area contributed by atoms with Crippen molar-refractivity contribution in [2.45, 2.75) is 6.54 Å². The number of rotatable bonds is 3. The summed E-state index contributed by atoms with van der Waals surface area (Å²) in [6, 6.07) is 1.72. The smallest absolute Gasteiger partial charge is 0.256 e. The summed E-state index contributed by atoms with van der Waals surface area (Å²) in [5.74, 6) is -0.0370. The summed E-state index contributed by atoms with van der Waals surface area (Å²) in [5.41, 5.74) is 6.56. The first-order chi connectivity index (χ1) is 7.77. The first-order valence-electron chi connectivity index (χ1n) is 4.59. The molecule has 0 aliphatic rings. The second-order valence-electron chi connectivity index (χ2n) is 3.08. The average Bonchev–Trinajstić information content (AvgIpc) is 2.74. The van der Waals surface area contributed by atoms with Crippen LogP contribution >= 0.6 is 0 Å². The molecular formula is C9H10N6O. The summed E-state index contributed by atoms with van der Waals surface area (Å²) >= 11 is 0. The van der Waals surface area contributed by atoms with Crippen molar-refractivity contribution in [3.8, 4) is 0 Å². The SMILES string of the molecule is Nc1[nH]ncc1C(=O)NCc1ccncn1. The molecule has 2 aromatic heterocycles. The molecule has 0 aliphatic carbocycles. The Morgan fingerprint density at radius 2 is 2.44 bits per heavy atom. The minimum Gasteiger partial charge on any atom is -0.383 e. The molecule has 0 saturated heterocycles. The highest BCUT2D eigenvalue weighted by Gasteiger charge is 2.10. The zero-order chi connectivity index (χ0) is 11.4. The number of hydrogen-bond donors (Lipinski definition) is 3. The Balaban J connectivity index is 1.97. The molecule has 2 heterocycles. The third-order valence-electron chi connectivity index (χ3n) is 1.99. The van der Waals surface area contributed by atoms with Gasteiger partial charge < -0.3 is 11.1 Å². The maximum atomic E-state index is 11.6. The van der Waals surface area contributed by atoms with E-state index in [0.717, 1.165) is 5.69 Å². The predicted octanol–water partition coefficient (Wildman–Crippen LogP) is -0.288. The molecule has 7 nitrogen and oxygen atoms in total. The van der Waals surface area contributed by atoms with Gasteiger partial charge in [-0.05, 0) is 6.07 Å². The number of aromatic nitrogens is 4. The fraction of sp³-hybridized carbons (Fsp3) is 0.111. The minimum absolute atomic E-state index is 0.250. The fourth-order valence-corrected chi connectivity index (χ4v) is 1.17. The zero-order valence-electron chi connectivity index (χ0n) is 8.34. The largest absolute Gasteiger partial charge is 0.383 e. The van der Waals surface area contributed by atoms with E-state index in [0.29, 0.717) is 12.1 Å². The molecule has 0 fully saturated rings. The van der Waals surface area contributed by atoms with Gasteiger partial charge in [-0.15, -0.1) is 0 Å². The van der Waals surface area contributed by atoms with Crippen molar-refractivity contribution in [3.05, 3.63) is 36.0 Å². The van der Waals surface area contributed by atoms with E-state index in [1.807, 2.05) is 0 Å². The molecular weight excluding hydrogens is 208 g/mol. The first-order valence-corrected chi connectivity index (χ1v) is 4.59. The predicted molar refractivity (Wildman–Crippen MR) is 56.2 cm³/mol. The first kappa shape index (κ1) is 10.1. The molecule has 4 N–H and O–H groups in total. The van der Waals surface area contributed by atoms with Crippen LogP contribution in [-0.4, -0.2) is 26.1 Å². The summed E-state index contributed by atoms with van der Waals surface area (Å²) in [6.07, 6.45) is 4.42. The van der Waals surface area contributed by atoms with Crippen LogP contribution in [0.15, 0.2) is 24.8 Å². The summed E-state index contributed by atoms with van der Waals surface area (Å²) in [6.45, 7) is 0.325. The average molecular weight is 218 g/mol. The van der Waals surface area contributed by atoms with Crippen molar-refractivity contribution >= 4 is 11.7 Å². The second kappa shape index (κ2) is 4.39. The van der Waals surface area contributed by atoms with Gasteiger partial charge in [0, 0.05) is 6.20 Å². The van der Waals surface area contributed by atoms with Gasteiger partial charge in [-0.2, -0.15) is 5.10 Å². The number of anilines is 1. The Morgan fingerprint density at radius 3 is 3.06 bits per heavy atom. The van der Waals surface area contributed by atoms with E-state index in [2.05, 4.69) is 25.5 Å². The molecule has 1 amide bonds. The molecule has 0 aromatic carbocycles. The van der Waals surface area contributed by atoms with Gasteiger partial charge in [0.15, 0.2) is 0 Å². The number of carbonyl (C=O) groups is 1. The summed E-state index contributed by atoms with van der Waals surface area (Å²) in [4.78, 5) is 19.4. The number of nitrogens with zero attached hydrogens (tertiary/aromatic N) is 3. The third-order valence-corrected chi connectivity index (χ3v) is 1.99. The van der Waals surface area contributed by atoms with Crippen molar-refractivity contribution in [2.75, 3.05) is 5.73 Å². The van der Waals surface area contributed by atoms with Crippen LogP contribution in [-0.2, 0) is 6.54 Å². The lowest BCUT2D eigenvalue weighted by Crippen LogP contribution is -2.23. The number of nitrogens with two attached hydrogens (primary N) is 1. The summed E-state index contributed by atoms with van der Waals surface area (Å²) in [5, 5.41) is 8.82. The maximum Gasteiger partial charge on any atom is 0.256 e. The molecule has 0 bridgehead atoms. The van der Waals surface area contributed by atoms with Gasteiger partial charge in [0.2, 0.25) is 0 Å². The van der Waals surface area contributed by atoms with Crippen molar-refractivity contribution in [3.63, 3.8) is 0 Å². The van der Waals surface area contributed by atoms with Gasteiger partial charge >= 0.3 is 0 Å². The van der Waals surface area contributed by atoms with Gasteiger partial charge in [0.1, 0.15) is 17.7 Å². The van der Waals surface area contributed by atoms with Crippen LogP contribution in [0, 0.1) is 0 Å². The van der Waals surface area contributed by atoms with E-state index in [9.17, 15) is 4.79 Å². The molecule has 0 unspecified atom stereocenters. The summed E-state index contributed by atoms with van der Waals surface area (Å²) < 4.78 is 0. The van der Waals surface area contributed by atoms with E-state index >= 15 is 0 Å². The number of hydrogen-bond acceptors (Lipinski definition) is 5. The van der Waals surface area contributed by atoms with E-state index in [-0.39, 0.29) is 11.7 Å². The lowest BCUT2D eigenvalue weighted by Gasteiger charge is -2.02. The number of aromatic amines is 1. The van der Waals surface area contributed by atoms with Crippen LogP contribution in [0.5, 0.6) is 0 Å². The quantitative estimate of drug-likeness (QED) is 0.655. The highest BCUT2D eigenvalue weighted by Crippen LogP contribution is 2.05. The molecule has 7 heteroatoms. The van der Waals surface area contributed by atoms with Crippen LogP contribution in [0.25, 0.3) is 0 Å². The highest BCUT2D eigenvalue weighted by molar-refractivity contribution is 5.97. The summed E-state index contributed by atoms with van der Waals surface area (Å²) in [7, 11) is 0. The highest BCUT2D eigenvalue weighted by atomic mass is 16.1. The maximum absolute atomic E-state index is 11.6. The van der Waals surface area contributed by atoms with Crippen LogP contribution in [0.3, 0.4) is 0 Å². The minimum atomic E-state index is -0.287. The van der Waals surface area contributed by atoms with Crippen LogP contribution in [0.4, 0.5) is 5.82 Å². The third kappa shape index (κ3) is 2.14. The van der Waals surface area contributed by atoms with Crippen LogP contribution in [0.1, 0.15) is 16.1 Å². The normalized spacial score (nSPS) is 10.0. The molecule has 0 spiro atoms. The molecule has 0 atom stereocenters. The topological polar surface area (TPSA) is 110 Å². The zero-order valence-corrected chi connectivity index (χ0v) is 8.34. The van der Waals surface area contributed by atoms with Gasteiger partial charge in [-0.3, -0.25) is 9.89 Å². The van der Waals surface area contributed by atoms with Crippen molar-refractivity contribution < 1.29 is 4.79 Å². The lowest BCUT2D eigenvalue weighted by molar-refractivity contribution is 0.0951. The van der Waals surface area contributed by atoms with Crippen molar-refractivity contribution in [1.82, 2.24) is 25.5 Å². The number of H-pyrrole nitrogens is 1. The van der Waals surface area contributed by atoms with Crippen LogP contribution in [0.2, 0.25) is 0 Å². The molecule has 0 radical (unpaired) electrons. The Kier molecular flexibility index (Phi) is 2.77. The van der Waals surface area contributed by atoms with E-state index in [4.69, 9.17) is 5.73 Å². The number of carbonyl (C=O) groups excluding carboxylic acids is 1. The fourth-order valence-electron chi connectivity index (χ4n) is 1.17. The molecule has 0 saturated carbocycles. The van der Waals surface area contributed by atoms with Gasteiger partial charge in [0.25, 0.3) is 5.91 Å². The number of nitrogen functional groups attached to an aromatic ring is 1. The van der Waals surface area contributed by atoms with E-state index < -0.39 is 0 Å². The number of amides is 1. The second-order valence-corrected chi connectivity index (χ2v) is 3.08. The van der Waals surface area contributed by atoms with E-state index in [1.54, 1.807) is 12.3 Å². The lowest BCUT2D eigenvalue weighted by atomic mass is 10.3. The van der Waals surface area contributed by atoms with Crippen molar-refractivity contribution in [2.24, 2.45) is 0 Å². The monoisotopic (exact) mass is 218 g/mol. The Morgan fingerprint density at radius 1 is 1.56 bits per heavy atom.